The van der Waals surface area contributed by atoms with Crippen LogP contribution >= 0.6 is 0 Å². The van der Waals surface area contributed by atoms with Crippen LogP contribution in [0.4, 0.5) is 4.79 Å². The molecule has 1 aromatic carbocycles. The van der Waals surface area contributed by atoms with Crippen molar-refractivity contribution in [3.63, 3.8) is 0 Å². The molecule has 0 bridgehead atoms. The van der Waals surface area contributed by atoms with Crippen molar-refractivity contribution >= 4 is 6.16 Å². The van der Waals surface area contributed by atoms with E-state index >= 15 is 0 Å². The van der Waals surface area contributed by atoms with Gasteiger partial charge in [-0.2, -0.15) is 0 Å². The van der Waals surface area contributed by atoms with E-state index in [0.717, 1.165) is 11.1 Å². The van der Waals surface area contributed by atoms with Crippen LogP contribution in [-0.2, 0) is 24.7 Å². The van der Waals surface area contributed by atoms with Crippen LogP contribution < -0.4 is 0 Å². The standard InChI is InChI=1S/C17H22O5/c1-16(2,3)22-17(21-15(18)20-5)11-10-14(19-4)12-8-6-7-9-13(12)17/h6-11,14H,1-5H3. The number of benzene rings is 1. The summed E-state index contributed by atoms with van der Waals surface area (Å²) < 4.78 is 21.7. The zero-order valence-corrected chi connectivity index (χ0v) is 13.6. The summed E-state index contributed by atoms with van der Waals surface area (Å²) in [6.07, 6.45) is 2.50. The van der Waals surface area contributed by atoms with Gasteiger partial charge >= 0.3 is 6.16 Å². The Morgan fingerprint density at radius 2 is 1.86 bits per heavy atom. The minimum atomic E-state index is -1.34. The Labute approximate surface area is 130 Å². The topological polar surface area (TPSA) is 54.0 Å². The lowest BCUT2D eigenvalue weighted by Crippen LogP contribution is -2.42. The summed E-state index contributed by atoms with van der Waals surface area (Å²) in [5.41, 5.74) is 1.08. The van der Waals surface area contributed by atoms with Gasteiger partial charge in [0.1, 0.15) is 6.10 Å². The van der Waals surface area contributed by atoms with E-state index in [2.05, 4.69) is 4.74 Å². The van der Waals surface area contributed by atoms with Crippen LogP contribution in [-0.4, -0.2) is 26.0 Å². The summed E-state index contributed by atoms with van der Waals surface area (Å²) in [6.45, 7) is 5.69. The fraction of sp³-hybridized carbons (Fsp3) is 0.471. The van der Waals surface area contributed by atoms with E-state index in [1.807, 2.05) is 51.1 Å². The molecule has 0 saturated carbocycles. The number of carbonyl (C=O) groups excluding carboxylic acids is 1. The Morgan fingerprint density at radius 1 is 1.18 bits per heavy atom. The summed E-state index contributed by atoms with van der Waals surface area (Å²) in [4.78, 5) is 11.7. The fourth-order valence-corrected chi connectivity index (χ4v) is 2.49. The molecule has 1 aliphatic rings. The molecule has 0 saturated heterocycles. The van der Waals surface area contributed by atoms with E-state index in [0.29, 0.717) is 0 Å². The molecular formula is C17H22O5. The maximum absolute atomic E-state index is 11.7. The quantitative estimate of drug-likeness (QED) is 0.484. The third-order valence-corrected chi connectivity index (χ3v) is 3.25. The zero-order chi connectivity index (χ0) is 16.4. The molecule has 5 heteroatoms. The number of methoxy groups -OCH3 is 2. The van der Waals surface area contributed by atoms with Crippen LogP contribution in [0, 0.1) is 0 Å². The number of ether oxygens (including phenoxy) is 4. The van der Waals surface area contributed by atoms with Gasteiger partial charge in [-0.1, -0.05) is 24.3 Å². The second-order valence-corrected chi connectivity index (χ2v) is 6.04. The maximum atomic E-state index is 11.7. The summed E-state index contributed by atoms with van der Waals surface area (Å²) in [5, 5.41) is 0. The minimum absolute atomic E-state index is 0.214. The second-order valence-electron chi connectivity index (χ2n) is 6.04. The average Bonchev–Trinajstić information content (AvgIpc) is 2.46. The van der Waals surface area contributed by atoms with Gasteiger partial charge in [0.15, 0.2) is 0 Å². The van der Waals surface area contributed by atoms with Crippen molar-refractivity contribution < 1.29 is 23.7 Å². The normalized spacial score (nSPS) is 23.8. The van der Waals surface area contributed by atoms with E-state index in [1.54, 1.807) is 13.2 Å². The first-order valence-electron chi connectivity index (χ1n) is 7.10. The molecule has 2 atom stereocenters. The molecule has 2 unspecified atom stereocenters. The van der Waals surface area contributed by atoms with Gasteiger partial charge in [0.2, 0.25) is 0 Å². The zero-order valence-electron chi connectivity index (χ0n) is 13.6. The monoisotopic (exact) mass is 306 g/mol. The van der Waals surface area contributed by atoms with Crippen molar-refractivity contribution in [2.24, 2.45) is 0 Å². The van der Waals surface area contributed by atoms with E-state index in [1.165, 1.54) is 7.11 Å². The SMILES string of the molecule is COC(=O)OC1(OC(C)(C)C)C=CC(OC)c2ccccc21. The Hall–Kier alpha value is -1.85. The first kappa shape index (κ1) is 16.5. The molecule has 0 aliphatic heterocycles. The van der Waals surface area contributed by atoms with Gasteiger partial charge in [0.05, 0.1) is 12.7 Å². The lowest BCUT2D eigenvalue weighted by atomic mass is 9.89. The Morgan fingerprint density at radius 3 is 2.45 bits per heavy atom. The Kier molecular flexibility index (Phi) is 4.58. The molecule has 0 amide bonds. The van der Waals surface area contributed by atoms with Gasteiger partial charge in [-0.25, -0.2) is 4.79 Å². The number of fused-ring (bicyclic) bond motifs is 1. The molecule has 120 valence electrons. The van der Waals surface area contributed by atoms with Crippen LogP contribution in [0.15, 0.2) is 36.4 Å². The summed E-state index contributed by atoms with van der Waals surface area (Å²) in [5.74, 6) is -1.34. The van der Waals surface area contributed by atoms with Crippen molar-refractivity contribution in [3.8, 4) is 0 Å². The van der Waals surface area contributed by atoms with Crippen LogP contribution in [0.1, 0.15) is 38.0 Å². The van der Waals surface area contributed by atoms with Gasteiger partial charge in [-0.15, -0.1) is 0 Å². The largest absolute Gasteiger partial charge is 0.511 e. The Bertz CT molecular complexity index is 573. The van der Waals surface area contributed by atoms with E-state index < -0.39 is 17.5 Å². The summed E-state index contributed by atoms with van der Waals surface area (Å²) in [7, 11) is 2.90. The van der Waals surface area contributed by atoms with Crippen molar-refractivity contribution in [1.29, 1.82) is 0 Å². The highest BCUT2D eigenvalue weighted by molar-refractivity contribution is 5.61. The maximum Gasteiger partial charge on any atom is 0.511 e. The van der Waals surface area contributed by atoms with Crippen LogP contribution in [0.2, 0.25) is 0 Å². The number of hydrogen-bond donors (Lipinski definition) is 0. The molecule has 22 heavy (non-hydrogen) atoms. The van der Waals surface area contributed by atoms with Gasteiger partial charge in [0, 0.05) is 12.7 Å². The smallest absolute Gasteiger partial charge is 0.438 e. The van der Waals surface area contributed by atoms with Gasteiger partial charge in [-0.3, -0.25) is 0 Å². The minimum Gasteiger partial charge on any atom is -0.438 e. The predicted octanol–water partition coefficient (Wildman–Crippen LogP) is 3.69. The highest BCUT2D eigenvalue weighted by Gasteiger charge is 2.44. The third-order valence-electron chi connectivity index (χ3n) is 3.25. The summed E-state index contributed by atoms with van der Waals surface area (Å²) >= 11 is 0. The number of carbonyl (C=O) groups is 1. The van der Waals surface area contributed by atoms with Gasteiger partial charge < -0.3 is 18.9 Å². The van der Waals surface area contributed by atoms with Crippen LogP contribution in [0.5, 0.6) is 0 Å². The molecule has 0 fully saturated rings. The van der Waals surface area contributed by atoms with Crippen molar-refractivity contribution in [2.45, 2.75) is 38.3 Å². The highest BCUT2D eigenvalue weighted by atomic mass is 16.8. The second kappa shape index (κ2) is 6.10. The Balaban J connectivity index is 2.55. The van der Waals surface area contributed by atoms with Gasteiger partial charge in [0.25, 0.3) is 5.79 Å². The summed E-state index contributed by atoms with van der Waals surface area (Å²) in [6, 6.07) is 7.56. The van der Waals surface area contributed by atoms with Crippen LogP contribution in [0.25, 0.3) is 0 Å². The first-order valence-corrected chi connectivity index (χ1v) is 7.10. The highest BCUT2D eigenvalue weighted by Crippen LogP contribution is 2.42. The molecule has 0 spiro atoms. The number of hydrogen-bond acceptors (Lipinski definition) is 5. The van der Waals surface area contributed by atoms with Crippen molar-refractivity contribution in [1.82, 2.24) is 0 Å². The van der Waals surface area contributed by atoms with Crippen LogP contribution in [0.3, 0.4) is 0 Å². The van der Waals surface area contributed by atoms with Crippen molar-refractivity contribution in [3.05, 3.63) is 47.5 Å². The molecule has 1 aliphatic carbocycles. The molecule has 0 heterocycles. The van der Waals surface area contributed by atoms with E-state index in [9.17, 15) is 4.79 Å². The van der Waals surface area contributed by atoms with Gasteiger partial charge in [-0.05, 0) is 38.5 Å². The molecule has 0 radical (unpaired) electrons. The van der Waals surface area contributed by atoms with E-state index in [-0.39, 0.29) is 6.10 Å². The van der Waals surface area contributed by atoms with Crippen molar-refractivity contribution in [2.75, 3.05) is 14.2 Å². The third kappa shape index (κ3) is 3.31. The molecule has 5 nitrogen and oxygen atoms in total. The molecular weight excluding hydrogens is 284 g/mol. The molecule has 1 aromatic rings. The first-order chi connectivity index (χ1) is 10.3. The lowest BCUT2D eigenvalue weighted by molar-refractivity contribution is -0.238. The molecule has 2 rings (SSSR count). The predicted molar refractivity (Wildman–Crippen MR) is 81.3 cm³/mol. The number of rotatable bonds is 3. The molecule has 0 N–H and O–H groups in total. The van der Waals surface area contributed by atoms with E-state index in [4.69, 9.17) is 14.2 Å². The molecule has 0 aromatic heterocycles. The fourth-order valence-electron chi connectivity index (χ4n) is 2.49. The lowest BCUT2D eigenvalue weighted by Gasteiger charge is -2.40. The average molecular weight is 306 g/mol.